The Morgan fingerprint density at radius 3 is 2.47 bits per heavy atom. The van der Waals surface area contributed by atoms with Gasteiger partial charge < -0.3 is 10.0 Å². The predicted octanol–water partition coefficient (Wildman–Crippen LogP) is 2.30. The van der Waals surface area contributed by atoms with Crippen molar-refractivity contribution in [3.05, 3.63) is 28.3 Å². The van der Waals surface area contributed by atoms with Crippen LogP contribution in [0.25, 0.3) is 0 Å². The maximum atomic E-state index is 11.9. The zero-order chi connectivity index (χ0) is 12.6. The van der Waals surface area contributed by atoms with Crippen LogP contribution in [0, 0.1) is 19.8 Å². The van der Waals surface area contributed by atoms with Crippen LogP contribution in [-0.4, -0.2) is 24.2 Å². The van der Waals surface area contributed by atoms with Crippen molar-refractivity contribution >= 4 is 23.2 Å². The van der Waals surface area contributed by atoms with Gasteiger partial charge in [0.05, 0.1) is 0 Å². The SMILES string of the molecule is Cc1cc(Cl)cc(C)c1N1CC(CO)CC1=O. The zero-order valence-corrected chi connectivity index (χ0v) is 10.8. The molecule has 4 heteroatoms. The molecule has 1 heterocycles. The van der Waals surface area contributed by atoms with E-state index in [-0.39, 0.29) is 18.4 Å². The number of anilines is 1. The zero-order valence-electron chi connectivity index (χ0n) is 10.0. The van der Waals surface area contributed by atoms with Gasteiger partial charge in [-0.1, -0.05) is 11.6 Å². The highest BCUT2D eigenvalue weighted by molar-refractivity contribution is 6.30. The van der Waals surface area contributed by atoms with Crippen molar-refractivity contribution in [2.24, 2.45) is 5.92 Å². The Balaban J connectivity index is 2.38. The molecule has 1 aliphatic rings. The van der Waals surface area contributed by atoms with Gasteiger partial charge in [0.1, 0.15) is 0 Å². The molecule has 2 rings (SSSR count). The van der Waals surface area contributed by atoms with Gasteiger partial charge in [-0.25, -0.2) is 0 Å². The molecule has 1 aromatic carbocycles. The average molecular weight is 254 g/mol. The molecule has 0 aromatic heterocycles. The summed E-state index contributed by atoms with van der Waals surface area (Å²) in [5.74, 6) is 0.134. The quantitative estimate of drug-likeness (QED) is 0.879. The van der Waals surface area contributed by atoms with Gasteiger partial charge in [-0.3, -0.25) is 4.79 Å². The summed E-state index contributed by atoms with van der Waals surface area (Å²) in [6, 6.07) is 3.73. The summed E-state index contributed by atoms with van der Waals surface area (Å²) in [4.78, 5) is 13.7. The van der Waals surface area contributed by atoms with Gasteiger partial charge in [0.25, 0.3) is 0 Å². The van der Waals surface area contributed by atoms with Crippen molar-refractivity contribution in [3.8, 4) is 0 Å². The summed E-state index contributed by atoms with van der Waals surface area (Å²) < 4.78 is 0. The van der Waals surface area contributed by atoms with Gasteiger partial charge in [-0.15, -0.1) is 0 Å². The van der Waals surface area contributed by atoms with Crippen LogP contribution < -0.4 is 4.90 Å². The number of carbonyl (C=O) groups excluding carboxylic acids is 1. The number of hydrogen-bond donors (Lipinski definition) is 1. The van der Waals surface area contributed by atoms with E-state index in [0.717, 1.165) is 16.8 Å². The van der Waals surface area contributed by atoms with Gasteiger partial charge in [0.15, 0.2) is 0 Å². The van der Waals surface area contributed by atoms with Crippen molar-refractivity contribution < 1.29 is 9.90 Å². The number of amides is 1. The van der Waals surface area contributed by atoms with Crippen LogP contribution in [0.15, 0.2) is 12.1 Å². The minimum atomic E-state index is 0.0528. The second-order valence-electron chi connectivity index (χ2n) is 4.65. The molecule has 1 atom stereocenters. The lowest BCUT2D eigenvalue weighted by Gasteiger charge is -2.21. The van der Waals surface area contributed by atoms with Crippen LogP contribution in [0.2, 0.25) is 5.02 Å². The minimum absolute atomic E-state index is 0.0528. The lowest BCUT2D eigenvalue weighted by atomic mass is 10.1. The number of hydrogen-bond acceptors (Lipinski definition) is 2. The highest BCUT2D eigenvalue weighted by atomic mass is 35.5. The van der Waals surface area contributed by atoms with E-state index in [4.69, 9.17) is 16.7 Å². The van der Waals surface area contributed by atoms with Crippen LogP contribution in [0.5, 0.6) is 0 Å². The maximum absolute atomic E-state index is 11.9. The number of aliphatic hydroxyl groups excluding tert-OH is 1. The number of halogens is 1. The molecule has 0 bridgehead atoms. The molecule has 1 fully saturated rings. The fraction of sp³-hybridized carbons (Fsp3) is 0.462. The number of nitrogens with zero attached hydrogens (tertiary/aromatic N) is 1. The normalized spacial score (nSPS) is 20.1. The van der Waals surface area contributed by atoms with E-state index in [1.165, 1.54) is 0 Å². The third-order valence-electron chi connectivity index (χ3n) is 3.19. The molecule has 17 heavy (non-hydrogen) atoms. The Hall–Kier alpha value is -1.06. The molecular formula is C13H16ClNO2. The van der Waals surface area contributed by atoms with E-state index >= 15 is 0 Å². The number of benzene rings is 1. The van der Waals surface area contributed by atoms with Crippen molar-refractivity contribution in [1.82, 2.24) is 0 Å². The van der Waals surface area contributed by atoms with Gasteiger partial charge in [0, 0.05) is 36.2 Å². The highest BCUT2D eigenvalue weighted by Crippen LogP contribution is 2.32. The predicted molar refractivity (Wildman–Crippen MR) is 68.5 cm³/mol. The molecule has 1 aliphatic heterocycles. The first-order valence-electron chi connectivity index (χ1n) is 5.71. The molecule has 1 aromatic rings. The second-order valence-corrected chi connectivity index (χ2v) is 5.08. The van der Waals surface area contributed by atoms with Crippen LogP contribution in [-0.2, 0) is 4.79 Å². The fourth-order valence-electron chi connectivity index (χ4n) is 2.45. The van der Waals surface area contributed by atoms with E-state index in [9.17, 15) is 4.79 Å². The fourth-order valence-corrected chi connectivity index (χ4v) is 2.78. The molecule has 0 aliphatic carbocycles. The van der Waals surface area contributed by atoms with Crippen LogP contribution in [0.1, 0.15) is 17.5 Å². The Morgan fingerprint density at radius 2 is 2.00 bits per heavy atom. The first kappa shape index (κ1) is 12.4. The van der Waals surface area contributed by atoms with E-state index in [0.29, 0.717) is 18.0 Å². The molecule has 1 unspecified atom stereocenters. The number of carbonyl (C=O) groups is 1. The molecule has 0 saturated carbocycles. The third-order valence-corrected chi connectivity index (χ3v) is 3.41. The van der Waals surface area contributed by atoms with Gasteiger partial charge >= 0.3 is 0 Å². The minimum Gasteiger partial charge on any atom is -0.396 e. The standard InChI is InChI=1S/C13H16ClNO2/c1-8-3-11(14)4-9(2)13(8)15-6-10(7-16)5-12(15)17/h3-4,10,16H,5-7H2,1-2H3. The first-order chi connectivity index (χ1) is 8.02. The van der Waals surface area contributed by atoms with E-state index in [1.807, 2.05) is 26.0 Å². The van der Waals surface area contributed by atoms with Crippen molar-refractivity contribution in [2.45, 2.75) is 20.3 Å². The Labute approximate surface area is 106 Å². The first-order valence-corrected chi connectivity index (χ1v) is 6.08. The number of aliphatic hydroxyl groups is 1. The summed E-state index contributed by atoms with van der Waals surface area (Å²) in [6.07, 6.45) is 0.429. The summed E-state index contributed by atoms with van der Waals surface area (Å²) >= 11 is 5.98. The summed E-state index contributed by atoms with van der Waals surface area (Å²) in [6.45, 7) is 4.56. The molecular weight excluding hydrogens is 238 g/mol. The number of aryl methyl sites for hydroxylation is 2. The highest BCUT2D eigenvalue weighted by Gasteiger charge is 2.31. The Bertz CT molecular complexity index is 436. The molecule has 1 saturated heterocycles. The average Bonchev–Trinajstić information content (AvgIpc) is 2.59. The molecule has 0 spiro atoms. The smallest absolute Gasteiger partial charge is 0.227 e. The van der Waals surface area contributed by atoms with Crippen LogP contribution in [0.3, 0.4) is 0 Å². The summed E-state index contributed by atoms with van der Waals surface area (Å²) in [5, 5.41) is 9.82. The second kappa shape index (κ2) is 4.67. The van der Waals surface area contributed by atoms with E-state index in [2.05, 4.69) is 0 Å². The molecule has 1 N–H and O–H groups in total. The maximum Gasteiger partial charge on any atom is 0.227 e. The summed E-state index contributed by atoms with van der Waals surface area (Å²) in [7, 11) is 0. The van der Waals surface area contributed by atoms with Gasteiger partial charge in [-0.2, -0.15) is 0 Å². The Morgan fingerprint density at radius 1 is 1.41 bits per heavy atom. The molecule has 92 valence electrons. The van der Waals surface area contributed by atoms with E-state index in [1.54, 1.807) is 4.90 Å². The molecule has 0 radical (unpaired) electrons. The van der Waals surface area contributed by atoms with Gasteiger partial charge in [-0.05, 0) is 37.1 Å². The van der Waals surface area contributed by atoms with E-state index < -0.39 is 0 Å². The van der Waals surface area contributed by atoms with Gasteiger partial charge in [0.2, 0.25) is 5.91 Å². The van der Waals surface area contributed by atoms with Crippen LogP contribution in [0.4, 0.5) is 5.69 Å². The lowest BCUT2D eigenvalue weighted by molar-refractivity contribution is -0.117. The van der Waals surface area contributed by atoms with Crippen molar-refractivity contribution in [3.63, 3.8) is 0 Å². The topological polar surface area (TPSA) is 40.5 Å². The van der Waals surface area contributed by atoms with Crippen molar-refractivity contribution in [2.75, 3.05) is 18.1 Å². The monoisotopic (exact) mass is 253 g/mol. The Kier molecular flexibility index (Phi) is 3.40. The van der Waals surface area contributed by atoms with Crippen molar-refractivity contribution in [1.29, 1.82) is 0 Å². The largest absolute Gasteiger partial charge is 0.396 e. The molecule has 1 amide bonds. The molecule has 3 nitrogen and oxygen atoms in total. The number of rotatable bonds is 2. The third kappa shape index (κ3) is 2.31. The summed E-state index contributed by atoms with van der Waals surface area (Å²) in [5.41, 5.74) is 2.94. The van der Waals surface area contributed by atoms with Crippen LogP contribution >= 0.6 is 11.6 Å². The lowest BCUT2D eigenvalue weighted by Crippen LogP contribution is -2.26.